The Morgan fingerprint density at radius 3 is 2.77 bits per heavy atom. The Labute approximate surface area is 127 Å². The quantitative estimate of drug-likeness (QED) is 0.795. The van der Waals surface area contributed by atoms with Gasteiger partial charge in [-0.3, -0.25) is 4.79 Å². The highest BCUT2D eigenvalue weighted by Gasteiger charge is 2.45. The van der Waals surface area contributed by atoms with Crippen LogP contribution in [0, 0.1) is 0 Å². The van der Waals surface area contributed by atoms with Crippen LogP contribution in [0.5, 0.6) is 0 Å². The number of carbonyl (C=O) groups excluding carboxylic acids is 1. The minimum atomic E-state index is -0.651. The van der Waals surface area contributed by atoms with E-state index in [1.165, 1.54) is 0 Å². The van der Waals surface area contributed by atoms with Crippen LogP contribution >= 0.6 is 0 Å². The molecule has 0 saturated carbocycles. The maximum Gasteiger partial charge on any atom is 0.227 e. The topological polar surface area (TPSA) is 93.2 Å². The van der Waals surface area contributed by atoms with Crippen LogP contribution in [0.25, 0.3) is 11.4 Å². The number of nitrogens with zero attached hydrogens (tertiary/aromatic N) is 4. The molecular formula is C14H17N5O3. The Morgan fingerprint density at radius 1 is 1.36 bits per heavy atom. The number of methoxy groups -OCH3 is 2. The van der Waals surface area contributed by atoms with Gasteiger partial charge in [0.1, 0.15) is 0 Å². The van der Waals surface area contributed by atoms with Crippen LogP contribution in [-0.4, -0.2) is 64.5 Å². The zero-order valence-electron chi connectivity index (χ0n) is 12.4. The van der Waals surface area contributed by atoms with Crippen molar-refractivity contribution in [2.45, 2.75) is 12.2 Å². The Bertz CT molecular complexity index is 646. The predicted octanol–water partition coefficient (Wildman–Crippen LogP) is 0.240. The average Bonchev–Trinajstić information content (AvgIpc) is 3.02. The standard InChI is InChI=1S/C14H17N5O3/c1-21-14(22-2)8-19(9-14)12(20)7-10-4-3-5-11(6-10)13-15-17-18-16-13/h3-6H,7-9H2,1-2H3,(H,15,16,17,18). The third-order valence-electron chi connectivity index (χ3n) is 3.85. The summed E-state index contributed by atoms with van der Waals surface area (Å²) in [6, 6.07) is 7.55. The lowest BCUT2D eigenvalue weighted by atomic mass is 10.0. The summed E-state index contributed by atoms with van der Waals surface area (Å²) < 4.78 is 10.6. The minimum absolute atomic E-state index is 0.0370. The van der Waals surface area contributed by atoms with Crippen molar-refractivity contribution >= 4 is 5.91 Å². The van der Waals surface area contributed by atoms with Crippen LogP contribution in [-0.2, 0) is 20.7 Å². The van der Waals surface area contributed by atoms with Crippen molar-refractivity contribution in [2.24, 2.45) is 0 Å². The van der Waals surface area contributed by atoms with E-state index in [1.54, 1.807) is 19.1 Å². The Morgan fingerprint density at radius 2 is 2.14 bits per heavy atom. The van der Waals surface area contributed by atoms with Crippen molar-refractivity contribution in [3.8, 4) is 11.4 Å². The number of likely N-dealkylation sites (tertiary alicyclic amines) is 1. The smallest absolute Gasteiger partial charge is 0.227 e. The molecule has 1 amide bonds. The van der Waals surface area contributed by atoms with Crippen molar-refractivity contribution in [3.05, 3.63) is 29.8 Å². The normalized spacial score (nSPS) is 16.4. The summed E-state index contributed by atoms with van der Waals surface area (Å²) in [5, 5.41) is 13.8. The second-order valence-electron chi connectivity index (χ2n) is 5.18. The minimum Gasteiger partial charge on any atom is -0.350 e. The fourth-order valence-corrected chi connectivity index (χ4v) is 2.44. The van der Waals surface area contributed by atoms with Crippen molar-refractivity contribution in [1.29, 1.82) is 0 Å². The highest BCUT2D eigenvalue weighted by Crippen LogP contribution is 2.26. The largest absolute Gasteiger partial charge is 0.350 e. The number of nitrogens with one attached hydrogen (secondary N) is 1. The molecule has 1 aromatic carbocycles. The van der Waals surface area contributed by atoms with Crippen LogP contribution in [0.2, 0.25) is 0 Å². The number of aromatic nitrogens is 4. The molecule has 2 aromatic rings. The molecule has 1 aromatic heterocycles. The molecular weight excluding hydrogens is 286 g/mol. The lowest BCUT2D eigenvalue weighted by molar-refractivity contribution is -0.270. The zero-order valence-corrected chi connectivity index (χ0v) is 12.4. The SMILES string of the molecule is COC1(OC)CN(C(=O)Cc2cccc(-c3nn[nH]n3)c2)C1. The second kappa shape index (κ2) is 5.82. The van der Waals surface area contributed by atoms with E-state index in [9.17, 15) is 4.79 Å². The number of hydrogen-bond donors (Lipinski definition) is 1. The number of H-pyrrole nitrogens is 1. The molecule has 0 bridgehead atoms. The fourth-order valence-electron chi connectivity index (χ4n) is 2.44. The summed E-state index contributed by atoms with van der Waals surface area (Å²) in [6.45, 7) is 0.896. The number of hydrogen-bond acceptors (Lipinski definition) is 6. The molecule has 0 unspecified atom stereocenters. The summed E-state index contributed by atoms with van der Waals surface area (Å²) in [6.07, 6.45) is 0.315. The van der Waals surface area contributed by atoms with Crippen molar-refractivity contribution < 1.29 is 14.3 Å². The molecule has 1 aliphatic rings. The summed E-state index contributed by atoms with van der Waals surface area (Å²) >= 11 is 0. The molecule has 22 heavy (non-hydrogen) atoms. The van der Waals surface area contributed by atoms with Gasteiger partial charge >= 0.3 is 0 Å². The van der Waals surface area contributed by atoms with Crippen LogP contribution in [0.4, 0.5) is 0 Å². The molecule has 3 rings (SSSR count). The van der Waals surface area contributed by atoms with E-state index < -0.39 is 5.79 Å². The van der Waals surface area contributed by atoms with E-state index in [0.29, 0.717) is 25.3 Å². The van der Waals surface area contributed by atoms with E-state index in [4.69, 9.17) is 9.47 Å². The van der Waals surface area contributed by atoms with Crippen LogP contribution in [0.15, 0.2) is 24.3 Å². The number of benzene rings is 1. The monoisotopic (exact) mass is 303 g/mol. The molecule has 2 heterocycles. The van der Waals surface area contributed by atoms with Gasteiger partial charge in [-0.05, 0) is 16.8 Å². The number of tetrazole rings is 1. The average molecular weight is 303 g/mol. The van der Waals surface area contributed by atoms with Crippen LogP contribution < -0.4 is 0 Å². The van der Waals surface area contributed by atoms with Crippen molar-refractivity contribution in [2.75, 3.05) is 27.3 Å². The lowest BCUT2D eigenvalue weighted by Gasteiger charge is -2.47. The molecule has 1 fully saturated rings. The van der Waals surface area contributed by atoms with E-state index >= 15 is 0 Å². The van der Waals surface area contributed by atoms with Gasteiger partial charge in [0.15, 0.2) is 0 Å². The molecule has 8 nitrogen and oxygen atoms in total. The molecule has 116 valence electrons. The van der Waals surface area contributed by atoms with Gasteiger partial charge in [-0.1, -0.05) is 18.2 Å². The van der Waals surface area contributed by atoms with Gasteiger partial charge < -0.3 is 14.4 Å². The molecule has 0 spiro atoms. The van der Waals surface area contributed by atoms with Gasteiger partial charge in [-0.2, -0.15) is 5.21 Å². The third kappa shape index (κ3) is 2.70. The number of carbonyl (C=O) groups is 1. The van der Waals surface area contributed by atoms with E-state index in [0.717, 1.165) is 11.1 Å². The first-order valence-electron chi connectivity index (χ1n) is 6.86. The van der Waals surface area contributed by atoms with Gasteiger partial charge in [0.25, 0.3) is 0 Å². The number of ether oxygens (including phenoxy) is 2. The molecule has 1 saturated heterocycles. The van der Waals surface area contributed by atoms with E-state index in [1.807, 2.05) is 24.3 Å². The summed E-state index contributed by atoms with van der Waals surface area (Å²) in [4.78, 5) is 14.0. The van der Waals surface area contributed by atoms with Crippen molar-refractivity contribution in [3.63, 3.8) is 0 Å². The zero-order chi connectivity index (χ0) is 15.6. The number of rotatable bonds is 5. The van der Waals surface area contributed by atoms with Crippen LogP contribution in [0.3, 0.4) is 0 Å². The molecule has 0 radical (unpaired) electrons. The first-order valence-corrected chi connectivity index (χ1v) is 6.86. The molecule has 1 N–H and O–H groups in total. The number of amides is 1. The lowest BCUT2D eigenvalue weighted by Crippen LogP contribution is -2.65. The second-order valence-corrected chi connectivity index (χ2v) is 5.18. The summed E-state index contributed by atoms with van der Waals surface area (Å²) in [7, 11) is 3.17. The molecule has 0 atom stereocenters. The Hall–Kier alpha value is -2.32. The summed E-state index contributed by atoms with van der Waals surface area (Å²) in [5.41, 5.74) is 1.73. The van der Waals surface area contributed by atoms with Crippen molar-refractivity contribution in [1.82, 2.24) is 25.5 Å². The van der Waals surface area contributed by atoms with Gasteiger partial charge in [0.05, 0.1) is 19.5 Å². The van der Waals surface area contributed by atoms with Gasteiger partial charge in [0, 0.05) is 19.8 Å². The highest BCUT2D eigenvalue weighted by molar-refractivity contribution is 5.80. The maximum absolute atomic E-state index is 12.3. The third-order valence-corrected chi connectivity index (χ3v) is 3.85. The first kappa shape index (κ1) is 14.6. The Kier molecular flexibility index (Phi) is 3.86. The first-order chi connectivity index (χ1) is 10.7. The van der Waals surface area contributed by atoms with E-state index in [2.05, 4.69) is 20.6 Å². The predicted molar refractivity (Wildman–Crippen MR) is 76.6 cm³/mol. The Balaban J connectivity index is 1.65. The number of aromatic amines is 1. The molecule has 1 aliphatic heterocycles. The van der Waals surface area contributed by atoms with E-state index in [-0.39, 0.29) is 5.91 Å². The fraction of sp³-hybridized carbons (Fsp3) is 0.429. The van der Waals surface area contributed by atoms with Gasteiger partial charge in [-0.15, -0.1) is 10.2 Å². The van der Waals surface area contributed by atoms with Crippen LogP contribution in [0.1, 0.15) is 5.56 Å². The maximum atomic E-state index is 12.3. The molecule has 8 heteroatoms. The highest BCUT2D eigenvalue weighted by atomic mass is 16.7. The molecule has 0 aliphatic carbocycles. The summed E-state index contributed by atoms with van der Waals surface area (Å²) in [5.74, 6) is -0.103. The van der Waals surface area contributed by atoms with Gasteiger partial charge in [-0.25, -0.2) is 0 Å². The van der Waals surface area contributed by atoms with Gasteiger partial charge in [0.2, 0.25) is 17.5 Å².